The van der Waals surface area contributed by atoms with Crippen LogP contribution in [0.4, 0.5) is 0 Å². The van der Waals surface area contributed by atoms with Gasteiger partial charge in [-0.15, -0.1) is 0 Å². The van der Waals surface area contributed by atoms with Crippen molar-refractivity contribution in [3.05, 3.63) is 173 Å². The van der Waals surface area contributed by atoms with Crippen LogP contribution in [0.1, 0.15) is 340 Å². The molecule has 0 radical (unpaired) electrons. The van der Waals surface area contributed by atoms with Crippen molar-refractivity contribution in [3.8, 4) is 34.5 Å². The van der Waals surface area contributed by atoms with Crippen LogP contribution in [0, 0.1) is 0 Å². The van der Waals surface area contributed by atoms with Crippen LogP contribution in [0.2, 0.25) is 0 Å². The summed E-state index contributed by atoms with van der Waals surface area (Å²) in [4.78, 5) is 0. The monoisotopic (exact) mass is 1220 g/mol. The number of fused-ring (bicyclic) bond motifs is 12. The minimum atomic E-state index is -0.259. The molecule has 7 rings (SSSR count). The van der Waals surface area contributed by atoms with E-state index in [1.165, 1.54) is 0 Å². The summed E-state index contributed by atoms with van der Waals surface area (Å²) in [6, 6.07) is 26.0. The molecule has 6 N–H and O–H groups in total. The maximum absolute atomic E-state index is 13.0. The zero-order valence-electron chi connectivity index (χ0n) is 59.6. The Hall–Kier alpha value is -5.88. The van der Waals surface area contributed by atoms with E-state index in [1.54, 1.807) is 0 Å². The summed E-state index contributed by atoms with van der Waals surface area (Å²) in [5.41, 5.74) is 13.7. The molecule has 0 heterocycles. The van der Waals surface area contributed by atoms with Crippen LogP contribution < -0.4 is 0 Å². The van der Waals surface area contributed by atoms with Crippen molar-refractivity contribution in [3.63, 3.8) is 0 Å². The van der Waals surface area contributed by atoms with Crippen molar-refractivity contribution in [2.45, 2.75) is 311 Å². The van der Waals surface area contributed by atoms with Gasteiger partial charge in [0.15, 0.2) is 0 Å². The molecule has 0 saturated carbocycles. The van der Waals surface area contributed by atoms with E-state index in [0.717, 1.165) is 216 Å². The number of benzene rings is 6. The van der Waals surface area contributed by atoms with Gasteiger partial charge in [0.1, 0.15) is 34.5 Å². The van der Waals surface area contributed by atoms with Crippen LogP contribution >= 0.6 is 0 Å². The Labute approximate surface area is 546 Å². The molecule has 0 saturated heterocycles. The number of phenols is 6. The van der Waals surface area contributed by atoms with Gasteiger partial charge in [0, 0.05) is 38.5 Å². The fourth-order valence-electron chi connectivity index (χ4n) is 14.3. The van der Waals surface area contributed by atoms with Crippen molar-refractivity contribution < 1.29 is 30.6 Å². The molecule has 12 bridgehead atoms. The molecule has 1 aliphatic rings. The fraction of sp³-hybridized carbons (Fsp3) is 0.571. The number of rotatable bonds is 24. The van der Waals surface area contributed by atoms with Crippen molar-refractivity contribution >= 4 is 0 Å². The first-order valence-electron chi connectivity index (χ1n) is 35.4. The van der Waals surface area contributed by atoms with E-state index in [2.05, 4.69) is 197 Å². The van der Waals surface area contributed by atoms with E-state index in [1.807, 2.05) is 0 Å². The Balaban J connectivity index is 1.64. The molecule has 0 fully saturated rings. The van der Waals surface area contributed by atoms with E-state index in [-0.39, 0.29) is 106 Å². The van der Waals surface area contributed by atoms with Gasteiger partial charge in [-0.2, -0.15) is 0 Å². The summed E-state index contributed by atoms with van der Waals surface area (Å²) >= 11 is 0. The van der Waals surface area contributed by atoms with E-state index in [0.29, 0.717) is 0 Å². The van der Waals surface area contributed by atoms with Crippen molar-refractivity contribution in [1.82, 2.24) is 0 Å². The largest absolute Gasteiger partial charge is 0.507 e. The van der Waals surface area contributed by atoms with Gasteiger partial charge in [-0.1, -0.05) is 274 Å². The molecule has 0 aliphatic heterocycles. The zero-order chi connectivity index (χ0) is 66.3. The lowest BCUT2D eigenvalue weighted by atomic mass is 9.75. The van der Waals surface area contributed by atoms with E-state index < -0.39 is 0 Å². The van der Waals surface area contributed by atoms with Gasteiger partial charge in [0.25, 0.3) is 0 Å². The van der Waals surface area contributed by atoms with Crippen LogP contribution in [0.5, 0.6) is 34.5 Å². The Kier molecular flexibility index (Phi) is 23.4. The molecule has 90 heavy (non-hydrogen) atoms. The predicted molar refractivity (Wildman–Crippen MR) is 381 cm³/mol. The van der Waals surface area contributed by atoms with Crippen molar-refractivity contribution in [2.75, 3.05) is 0 Å². The second-order valence-corrected chi connectivity index (χ2v) is 31.8. The summed E-state index contributed by atoms with van der Waals surface area (Å²) in [5.74, 6) is 0.943. The van der Waals surface area contributed by atoms with Crippen LogP contribution in [-0.2, 0) is 71.0 Å². The molecule has 0 spiro atoms. The third-order valence-corrected chi connectivity index (χ3v) is 21.5. The Morgan fingerprint density at radius 2 is 0.311 bits per heavy atom. The van der Waals surface area contributed by atoms with Crippen molar-refractivity contribution in [1.29, 1.82) is 0 Å². The standard InChI is InChI=1S/C84H120O6/c1-19-25-31-79(7,8)67-43-55-37-57-45-68(80(9,10)32-26-20-2)47-59(74(57)86)39-61-49-70(82(13,14)34-28-22-4)51-63(76(61)88)41-65-53-72(84(17,18)36-30-24-6)54-66(78(65)90)42-64-52-71(83(15,16)35-29-23-5)50-62(77(64)89)40-60-48-69(81(11,12)33-27-21-3)46-58(75(60)87)38-56(44-67)73(55)85/h43-54,85-90H,19-42H2,1-18H3. The van der Waals surface area contributed by atoms with Crippen LogP contribution in [0.15, 0.2) is 72.8 Å². The first-order chi connectivity index (χ1) is 42.3. The molecule has 0 atom stereocenters. The lowest BCUT2D eigenvalue weighted by molar-refractivity contribution is 0.439. The zero-order valence-corrected chi connectivity index (χ0v) is 59.6. The lowest BCUT2D eigenvalue weighted by Gasteiger charge is -2.30. The molecule has 6 aromatic carbocycles. The molecule has 6 heteroatoms. The third kappa shape index (κ3) is 16.7. The SMILES string of the molecule is CCCCC(C)(C)c1cc2c(O)c(c1)Cc1cc(C(C)(C)CCCC)cc(c1O)Cc1cc(C(C)(C)CCCC)cc(c1O)Cc1cc(C(C)(C)CCCC)cc(c1O)Cc1cc(C(C)(C)CCCC)cc(c1O)Cc1cc(C(C)(C)CCCC)cc(c1O)C2. The Bertz CT molecular complexity index is 2710. The second kappa shape index (κ2) is 29.4. The first kappa shape index (κ1) is 71.6. The molecule has 6 nitrogen and oxygen atoms in total. The van der Waals surface area contributed by atoms with Crippen molar-refractivity contribution in [2.24, 2.45) is 0 Å². The number of hydrogen-bond acceptors (Lipinski definition) is 6. The van der Waals surface area contributed by atoms with Gasteiger partial charge < -0.3 is 30.6 Å². The molecule has 0 amide bonds. The highest BCUT2D eigenvalue weighted by molar-refractivity contribution is 5.61. The minimum absolute atomic E-state index is 0.157. The smallest absolute Gasteiger partial charge is 0.122 e. The van der Waals surface area contributed by atoms with E-state index in [4.69, 9.17) is 0 Å². The molecule has 0 unspecified atom stereocenters. The highest BCUT2D eigenvalue weighted by atomic mass is 16.3. The van der Waals surface area contributed by atoms with Gasteiger partial charge in [-0.3, -0.25) is 0 Å². The number of aromatic hydroxyl groups is 6. The Morgan fingerprint density at radius 1 is 0.211 bits per heavy atom. The molecular formula is C84H120O6. The number of unbranched alkanes of at least 4 members (excludes halogenated alkanes) is 6. The van der Waals surface area contributed by atoms with E-state index >= 15 is 0 Å². The molecular weight excluding hydrogens is 1100 g/mol. The predicted octanol–water partition coefficient (Wildman–Crippen LogP) is 22.6. The van der Waals surface area contributed by atoms with Gasteiger partial charge in [0.2, 0.25) is 0 Å². The number of hydrogen-bond donors (Lipinski definition) is 6. The summed E-state index contributed by atoms with van der Waals surface area (Å²) in [7, 11) is 0. The summed E-state index contributed by atoms with van der Waals surface area (Å²) in [6.07, 6.45) is 19.8. The number of phenolic OH excluding ortho intramolecular Hbond substituents is 6. The van der Waals surface area contributed by atoms with Gasteiger partial charge in [-0.05, 0) is 171 Å². The van der Waals surface area contributed by atoms with Gasteiger partial charge in [0.05, 0.1) is 0 Å². The van der Waals surface area contributed by atoms with Gasteiger partial charge in [-0.25, -0.2) is 0 Å². The maximum Gasteiger partial charge on any atom is 0.122 e. The maximum atomic E-state index is 13.0. The minimum Gasteiger partial charge on any atom is -0.507 e. The van der Waals surface area contributed by atoms with E-state index in [9.17, 15) is 30.6 Å². The Morgan fingerprint density at radius 3 is 0.400 bits per heavy atom. The summed E-state index contributed by atoms with van der Waals surface area (Å²) in [5, 5.41) is 78.2. The summed E-state index contributed by atoms with van der Waals surface area (Å²) in [6.45, 7) is 40.9. The van der Waals surface area contributed by atoms with Crippen LogP contribution in [-0.4, -0.2) is 30.6 Å². The normalized spacial score (nSPS) is 13.8. The second-order valence-electron chi connectivity index (χ2n) is 31.8. The molecule has 1 aliphatic carbocycles. The first-order valence-corrected chi connectivity index (χ1v) is 35.4. The van der Waals surface area contributed by atoms with Crippen LogP contribution in [0.25, 0.3) is 0 Å². The third-order valence-electron chi connectivity index (χ3n) is 21.5. The molecule has 0 aromatic heterocycles. The fourth-order valence-corrected chi connectivity index (χ4v) is 14.3. The van der Waals surface area contributed by atoms with Gasteiger partial charge >= 0.3 is 0 Å². The molecule has 6 aromatic rings. The highest BCUT2D eigenvalue weighted by Crippen LogP contribution is 2.47. The summed E-state index contributed by atoms with van der Waals surface area (Å²) < 4.78 is 0. The average molecular weight is 1230 g/mol. The lowest BCUT2D eigenvalue weighted by Crippen LogP contribution is -2.19. The van der Waals surface area contributed by atoms with Crippen LogP contribution in [0.3, 0.4) is 0 Å². The molecule has 492 valence electrons. The highest BCUT2D eigenvalue weighted by Gasteiger charge is 2.33. The quantitative estimate of drug-likeness (QED) is 0.0359. The topological polar surface area (TPSA) is 121 Å². The average Bonchev–Trinajstić information content (AvgIpc) is 0.796.